The molecule has 0 aliphatic rings. The summed E-state index contributed by atoms with van der Waals surface area (Å²) in [6.45, 7) is 3.75. The fourth-order valence-electron chi connectivity index (χ4n) is 2.80. The lowest BCUT2D eigenvalue weighted by molar-refractivity contribution is 0.743. The van der Waals surface area contributed by atoms with Gasteiger partial charge in [-0.05, 0) is 30.9 Å². The predicted molar refractivity (Wildman–Crippen MR) is 122 cm³/mol. The molecule has 0 spiro atoms. The van der Waals surface area contributed by atoms with Crippen molar-refractivity contribution in [1.82, 2.24) is 20.6 Å². The first-order chi connectivity index (χ1) is 12.3. The van der Waals surface area contributed by atoms with Gasteiger partial charge in [0.1, 0.15) is 5.01 Å². The van der Waals surface area contributed by atoms with Crippen LogP contribution < -0.4 is 10.6 Å². The van der Waals surface area contributed by atoms with Gasteiger partial charge in [-0.1, -0.05) is 25.1 Å². The first kappa shape index (κ1) is 20.7. The SMILES string of the molecule is CCc1cnc(CNC(=NC)NCCCc2c[nH]c3ccccc23)s1.I. The molecule has 2 aromatic heterocycles. The number of guanidine groups is 1. The van der Waals surface area contributed by atoms with E-state index in [1.54, 1.807) is 18.4 Å². The van der Waals surface area contributed by atoms with Crippen LogP contribution in [0.2, 0.25) is 0 Å². The number of aromatic nitrogens is 2. The molecular weight excluding hydrogens is 457 g/mol. The lowest BCUT2D eigenvalue weighted by atomic mass is 10.1. The maximum Gasteiger partial charge on any atom is 0.191 e. The minimum atomic E-state index is 0. The van der Waals surface area contributed by atoms with Crippen LogP contribution in [-0.4, -0.2) is 29.5 Å². The van der Waals surface area contributed by atoms with Crippen molar-refractivity contribution in [3.8, 4) is 0 Å². The van der Waals surface area contributed by atoms with Gasteiger partial charge >= 0.3 is 0 Å². The van der Waals surface area contributed by atoms with Crippen LogP contribution in [0.25, 0.3) is 10.9 Å². The molecule has 0 aliphatic heterocycles. The number of aryl methyl sites for hydroxylation is 2. The van der Waals surface area contributed by atoms with Crippen molar-refractivity contribution in [2.45, 2.75) is 32.7 Å². The second-order valence-corrected chi connectivity index (χ2v) is 7.09. The highest BCUT2D eigenvalue weighted by atomic mass is 127. The van der Waals surface area contributed by atoms with Crippen LogP contribution in [0.5, 0.6) is 0 Å². The van der Waals surface area contributed by atoms with Gasteiger partial charge in [0.05, 0.1) is 6.54 Å². The van der Waals surface area contributed by atoms with E-state index in [0.29, 0.717) is 6.54 Å². The van der Waals surface area contributed by atoms with Gasteiger partial charge in [0.2, 0.25) is 0 Å². The molecule has 2 heterocycles. The second kappa shape index (κ2) is 10.5. The van der Waals surface area contributed by atoms with Gasteiger partial charge in [0.15, 0.2) is 5.96 Å². The lowest BCUT2D eigenvalue weighted by Crippen LogP contribution is -2.37. The number of aromatic amines is 1. The van der Waals surface area contributed by atoms with Crippen LogP contribution in [0.4, 0.5) is 0 Å². The molecule has 0 atom stereocenters. The topological polar surface area (TPSA) is 65.1 Å². The number of para-hydroxylation sites is 1. The van der Waals surface area contributed by atoms with Crippen LogP contribution in [0.15, 0.2) is 41.7 Å². The Morgan fingerprint density at radius 3 is 2.88 bits per heavy atom. The summed E-state index contributed by atoms with van der Waals surface area (Å²) >= 11 is 1.75. The number of benzene rings is 1. The average Bonchev–Trinajstić information content (AvgIpc) is 3.28. The molecule has 3 aromatic rings. The van der Waals surface area contributed by atoms with Gasteiger partial charge in [-0.3, -0.25) is 4.99 Å². The minimum Gasteiger partial charge on any atom is -0.361 e. The van der Waals surface area contributed by atoms with Crippen LogP contribution in [0, 0.1) is 0 Å². The summed E-state index contributed by atoms with van der Waals surface area (Å²) < 4.78 is 0. The Balaban J connectivity index is 0.00000243. The van der Waals surface area contributed by atoms with E-state index in [4.69, 9.17) is 0 Å². The Morgan fingerprint density at radius 1 is 1.27 bits per heavy atom. The molecule has 26 heavy (non-hydrogen) atoms. The molecule has 5 nitrogen and oxygen atoms in total. The van der Waals surface area contributed by atoms with Crippen molar-refractivity contribution in [3.05, 3.63) is 52.1 Å². The number of H-pyrrole nitrogens is 1. The number of thiazole rings is 1. The minimum absolute atomic E-state index is 0. The number of fused-ring (bicyclic) bond motifs is 1. The van der Waals surface area contributed by atoms with Crippen molar-refractivity contribution in [2.24, 2.45) is 4.99 Å². The van der Waals surface area contributed by atoms with Crippen molar-refractivity contribution in [1.29, 1.82) is 0 Å². The summed E-state index contributed by atoms with van der Waals surface area (Å²) in [5.74, 6) is 0.826. The molecule has 3 rings (SSSR count). The van der Waals surface area contributed by atoms with E-state index in [0.717, 1.165) is 36.8 Å². The number of hydrogen-bond acceptors (Lipinski definition) is 3. The van der Waals surface area contributed by atoms with Crippen molar-refractivity contribution >= 4 is 52.2 Å². The number of hydrogen-bond donors (Lipinski definition) is 3. The molecule has 0 amide bonds. The Morgan fingerprint density at radius 2 is 2.12 bits per heavy atom. The third-order valence-corrected chi connectivity index (χ3v) is 5.31. The van der Waals surface area contributed by atoms with Crippen molar-refractivity contribution < 1.29 is 0 Å². The highest BCUT2D eigenvalue weighted by molar-refractivity contribution is 14.0. The normalized spacial score (nSPS) is 11.4. The maximum absolute atomic E-state index is 4.42. The number of nitrogens with one attached hydrogen (secondary N) is 3. The third-order valence-electron chi connectivity index (χ3n) is 4.17. The van der Waals surface area contributed by atoms with E-state index in [2.05, 4.69) is 63.0 Å². The standard InChI is InChI=1S/C19H25N5S.HI/c1-3-15-12-23-18(25-15)13-24-19(20-2)21-10-6-7-14-11-22-17-9-5-4-8-16(14)17;/h4-5,8-9,11-12,22H,3,6-7,10,13H2,1-2H3,(H2,20,21,24);1H. The molecule has 1 aromatic carbocycles. The molecule has 0 aliphatic carbocycles. The van der Waals surface area contributed by atoms with Gasteiger partial charge in [-0.15, -0.1) is 35.3 Å². The Kier molecular flexibility index (Phi) is 8.37. The molecule has 0 saturated carbocycles. The van der Waals surface area contributed by atoms with E-state index >= 15 is 0 Å². The second-order valence-electron chi connectivity index (χ2n) is 5.89. The van der Waals surface area contributed by atoms with E-state index in [-0.39, 0.29) is 24.0 Å². The number of halogens is 1. The molecule has 0 fully saturated rings. The lowest BCUT2D eigenvalue weighted by Gasteiger charge is -2.10. The summed E-state index contributed by atoms with van der Waals surface area (Å²) in [5, 5.41) is 9.12. The number of aliphatic imine (C=N–C) groups is 1. The van der Waals surface area contributed by atoms with Gasteiger partial charge in [0, 0.05) is 41.8 Å². The van der Waals surface area contributed by atoms with Crippen LogP contribution in [0.3, 0.4) is 0 Å². The first-order valence-corrected chi connectivity index (χ1v) is 9.55. The maximum atomic E-state index is 4.42. The van der Waals surface area contributed by atoms with Gasteiger partial charge in [0.25, 0.3) is 0 Å². The molecule has 0 bridgehead atoms. The zero-order valence-corrected chi connectivity index (χ0v) is 18.4. The molecule has 0 radical (unpaired) electrons. The summed E-state index contributed by atoms with van der Waals surface area (Å²) in [5.41, 5.74) is 2.58. The zero-order chi connectivity index (χ0) is 17.5. The van der Waals surface area contributed by atoms with Gasteiger partial charge in [-0.25, -0.2) is 4.98 Å². The third kappa shape index (κ3) is 5.44. The summed E-state index contributed by atoms with van der Waals surface area (Å²) in [4.78, 5) is 13.4. The highest BCUT2D eigenvalue weighted by Crippen LogP contribution is 2.18. The summed E-state index contributed by atoms with van der Waals surface area (Å²) in [7, 11) is 1.80. The van der Waals surface area contributed by atoms with Crippen LogP contribution >= 0.6 is 35.3 Å². The van der Waals surface area contributed by atoms with E-state index in [1.807, 2.05) is 6.20 Å². The van der Waals surface area contributed by atoms with Crippen LogP contribution in [-0.2, 0) is 19.4 Å². The van der Waals surface area contributed by atoms with E-state index in [9.17, 15) is 0 Å². The quantitative estimate of drug-likeness (QED) is 0.205. The highest BCUT2D eigenvalue weighted by Gasteiger charge is 2.04. The Bertz CT molecular complexity index is 839. The van der Waals surface area contributed by atoms with Crippen molar-refractivity contribution in [3.63, 3.8) is 0 Å². The first-order valence-electron chi connectivity index (χ1n) is 8.73. The fraction of sp³-hybridized carbons (Fsp3) is 0.368. The molecular formula is C19H26IN5S. The van der Waals surface area contributed by atoms with Crippen LogP contribution in [0.1, 0.15) is 28.8 Å². The van der Waals surface area contributed by atoms with E-state index in [1.165, 1.54) is 21.3 Å². The molecule has 3 N–H and O–H groups in total. The zero-order valence-electron chi connectivity index (χ0n) is 15.2. The monoisotopic (exact) mass is 483 g/mol. The smallest absolute Gasteiger partial charge is 0.191 e. The molecule has 7 heteroatoms. The van der Waals surface area contributed by atoms with Crippen molar-refractivity contribution in [2.75, 3.05) is 13.6 Å². The average molecular weight is 483 g/mol. The molecule has 140 valence electrons. The number of rotatable bonds is 7. The summed E-state index contributed by atoms with van der Waals surface area (Å²) in [6, 6.07) is 8.44. The van der Waals surface area contributed by atoms with Gasteiger partial charge < -0.3 is 15.6 Å². The predicted octanol–water partition coefficient (Wildman–Crippen LogP) is 4.10. The Labute approximate surface area is 175 Å². The van der Waals surface area contributed by atoms with E-state index < -0.39 is 0 Å². The van der Waals surface area contributed by atoms with Gasteiger partial charge in [-0.2, -0.15) is 0 Å². The molecule has 0 saturated heterocycles. The Hall–Kier alpha value is -1.61. The molecule has 0 unspecified atom stereocenters. The fourth-order valence-corrected chi connectivity index (χ4v) is 3.60. The number of nitrogens with zero attached hydrogens (tertiary/aromatic N) is 2. The largest absolute Gasteiger partial charge is 0.361 e. The summed E-state index contributed by atoms with van der Waals surface area (Å²) in [6.07, 6.45) is 7.21.